The zero-order valence-electron chi connectivity index (χ0n) is 22.4. The van der Waals surface area contributed by atoms with Crippen molar-refractivity contribution < 1.29 is 19.4 Å². The highest BCUT2D eigenvalue weighted by atomic mass is 32.1. The maximum Gasteiger partial charge on any atom is 0.338 e. The van der Waals surface area contributed by atoms with Crippen LogP contribution in [0, 0.1) is 0 Å². The Morgan fingerprint density at radius 3 is 2.46 bits per heavy atom. The molecule has 0 unspecified atom stereocenters. The van der Waals surface area contributed by atoms with Gasteiger partial charge in [0.25, 0.3) is 5.56 Å². The molecule has 0 aliphatic carbocycles. The highest BCUT2D eigenvalue weighted by Gasteiger charge is 2.37. The van der Waals surface area contributed by atoms with Gasteiger partial charge in [-0.25, -0.2) is 9.79 Å². The molecule has 41 heavy (non-hydrogen) atoms. The summed E-state index contributed by atoms with van der Waals surface area (Å²) in [4.78, 5) is 33.4. The number of phenols is 1. The molecule has 1 N–H and O–H groups in total. The van der Waals surface area contributed by atoms with Crippen LogP contribution in [0.2, 0.25) is 0 Å². The molecule has 0 radical (unpaired) electrons. The standard InChI is InChI=1S/C33H26N2O5S/c1-3-40-32(38)28-29(22-10-5-4-6-11-22)34-33-35(31(37)26(41-33)19-20-13-16-23(36)17-14-20)30(28)27-24-12-8-7-9-21(24)15-18-25(27)39-2/h4-19,30,36H,3H2,1-2H3/t30-/m0/s1. The van der Waals surface area contributed by atoms with E-state index in [0.717, 1.165) is 21.9 Å². The number of aromatic nitrogens is 1. The molecule has 0 saturated heterocycles. The number of rotatable bonds is 6. The number of carbonyl (C=O) groups is 1. The summed E-state index contributed by atoms with van der Waals surface area (Å²) in [6.45, 7) is 1.91. The summed E-state index contributed by atoms with van der Waals surface area (Å²) in [5.41, 5.74) is 2.57. The first-order chi connectivity index (χ1) is 20.0. The van der Waals surface area contributed by atoms with Crippen molar-refractivity contribution >= 4 is 39.9 Å². The van der Waals surface area contributed by atoms with E-state index < -0.39 is 12.0 Å². The molecule has 1 aliphatic rings. The first-order valence-corrected chi connectivity index (χ1v) is 13.9. The minimum Gasteiger partial charge on any atom is -0.508 e. The largest absolute Gasteiger partial charge is 0.508 e. The van der Waals surface area contributed by atoms with Gasteiger partial charge in [-0.1, -0.05) is 84.1 Å². The van der Waals surface area contributed by atoms with Gasteiger partial charge in [-0.3, -0.25) is 9.36 Å². The molecule has 1 atom stereocenters. The van der Waals surface area contributed by atoms with Crippen LogP contribution in [0.25, 0.3) is 22.5 Å². The summed E-state index contributed by atoms with van der Waals surface area (Å²) < 4.78 is 13.5. The molecule has 204 valence electrons. The van der Waals surface area contributed by atoms with Gasteiger partial charge in [-0.15, -0.1) is 0 Å². The van der Waals surface area contributed by atoms with Crippen LogP contribution in [0.5, 0.6) is 11.5 Å². The van der Waals surface area contributed by atoms with Crippen molar-refractivity contribution in [1.29, 1.82) is 0 Å². The number of fused-ring (bicyclic) bond motifs is 2. The van der Waals surface area contributed by atoms with Gasteiger partial charge in [0.2, 0.25) is 0 Å². The number of hydrogen-bond acceptors (Lipinski definition) is 7. The van der Waals surface area contributed by atoms with Crippen molar-refractivity contribution in [3.05, 3.63) is 133 Å². The highest BCUT2D eigenvalue weighted by Crippen LogP contribution is 2.42. The van der Waals surface area contributed by atoms with Crippen LogP contribution in [-0.2, 0) is 9.53 Å². The molecule has 0 amide bonds. The van der Waals surface area contributed by atoms with Gasteiger partial charge in [-0.2, -0.15) is 0 Å². The van der Waals surface area contributed by atoms with Gasteiger partial charge in [0.05, 0.1) is 29.5 Å². The van der Waals surface area contributed by atoms with Gasteiger partial charge in [0.15, 0.2) is 4.80 Å². The Hall–Kier alpha value is -4.95. The van der Waals surface area contributed by atoms with Crippen molar-refractivity contribution in [2.24, 2.45) is 4.99 Å². The number of benzene rings is 4. The Labute approximate surface area is 239 Å². The average molecular weight is 563 g/mol. The molecular weight excluding hydrogens is 536 g/mol. The number of hydrogen-bond donors (Lipinski definition) is 1. The van der Waals surface area contributed by atoms with E-state index >= 15 is 0 Å². The first kappa shape index (κ1) is 26.3. The van der Waals surface area contributed by atoms with Gasteiger partial charge in [-0.05, 0) is 47.5 Å². The smallest absolute Gasteiger partial charge is 0.338 e. The molecule has 0 spiro atoms. The van der Waals surface area contributed by atoms with Gasteiger partial charge in [0, 0.05) is 11.1 Å². The lowest BCUT2D eigenvalue weighted by Gasteiger charge is -2.28. The second kappa shape index (κ2) is 10.9. The zero-order chi connectivity index (χ0) is 28.5. The van der Waals surface area contributed by atoms with E-state index in [1.807, 2.05) is 66.7 Å². The van der Waals surface area contributed by atoms with E-state index in [1.165, 1.54) is 11.3 Å². The Morgan fingerprint density at radius 2 is 1.73 bits per heavy atom. The molecule has 4 aromatic carbocycles. The first-order valence-electron chi connectivity index (χ1n) is 13.1. The van der Waals surface area contributed by atoms with Gasteiger partial charge in [0.1, 0.15) is 17.5 Å². The van der Waals surface area contributed by atoms with Crippen molar-refractivity contribution in [1.82, 2.24) is 4.57 Å². The van der Waals surface area contributed by atoms with Crippen LogP contribution in [-0.4, -0.2) is 29.4 Å². The van der Waals surface area contributed by atoms with E-state index in [2.05, 4.69) is 0 Å². The Kier molecular flexibility index (Phi) is 6.99. The number of nitrogens with zero attached hydrogens (tertiary/aromatic N) is 2. The van der Waals surface area contributed by atoms with Crippen molar-refractivity contribution in [2.75, 3.05) is 13.7 Å². The number of thiazole rings is 1. The summed E-state index contributed by atoms with van der Waals surface area (Å²) in [5, 5.41) is 11.5. The number of ether oxygens (including phenoxy) is 2. The molecule has 2 heterocycles. The van der Waals surface area contributed by atoms with Crippen LogP contribution < -0.4 is 19.6 Å². The van der Waals surface area contributed by atoms with Crippen LogP contribution in [0.3, 0.4) is 0 Å². The predicted octanol–water partition coefficient (Wildman–Crippen LogP) is 4.80. The number of aromatic hydroxyl groups is 1. The van der Waals surface area contributed by atoms with E-state index in [-0.39, 0.29) is 23.5 Å². The Balaban J connectivity index is 1.75. The summed E-state index contributed by atoms with van der Waals surface area (Å²) in [5.74, 6) is 0.124. The summed E-state index contributed by atoms with van der Waals surface area (Å²) in [6.07, 6.45) is 1.76. The lowest BCUT2D eigenvalue weighted by Crippen LogP contribution is -2.40. The van der Waals surface area contributed by atoms with Crippen molar-refractivity contribution in [3.63, 3.8) is 0 Å². The third kappa shape index (κ3) is 4.72. The summed E-state index contributed by atoms with van der Waals surface area (Å²) in [6, 6.07) is 26.8. The van der Waals surface area contributed by atoms with Crippen molar-refractivity contribution in [3.8, 4) is 11.5 Å². The average Bonchev–Trinajstić information content (AvgIpc) is 3.31. The third-order valence-electron chi connectivity index (χ3n) is 6.99. The summed E-state index contributed by atoms with van der Waals surface area (Å²) >= 11 is 1.24. The lowest BCUT2D eigenvalue weighted by molar-refractivity contribution is -0.138. The van der Waals surface area contributed by atoms with E-state index in [9.17, 15) is 14.7 Å². The molecule has 1 aliphatic heterocycles. The van der Waals surface area contributed by atoms with E-state index in [1.54, 1.807) is 48.9 Å². The van der Waals surface area contributed by atoms with Crippen LogP contribution in [0.1, 0.15) is 29.7 Å². The quantitative estimate of drug-likeness (QED) is 0.300. The van der Waals surface area contributed by atoms with Crippen LogP contribution >= 0.6 is 11.3 Å². The number of phenolic OH excluding ortho intramolecular Hbond substituents is 1. The maximum atomic E-state index is 14.2. The molecule has 0 fully saturated rings. The number of carbonyl (C=O) groups excluding carboxylic acids is 1. The minimum atomic E-state index is -0.872. The molecule has 0 bridgehead atoms. The predicted molar refractivity (Wildman–Crippen MR) is 160 cm³/mol. The second-order valence-electron chi connectivity index (χ2n) is 9.43. The second-order valence-corrected chi connectivity index (χ2v) is 10.4. The fraction of sp³-hybridized carbons (Fsp3) is 0.121. The molecule has 5 aromatic rings. The fourth-order valence-corrected chi connectivity index (χ4v) is 6.17. The van der Waals surface area contributed by atoms with E-state index in [4.69, 9.17) is 14.5 Å². The number of esters is 1. The van der Waals surface area contributed by atoms with Crippen LogP contribution in [0.15, 0.2) is 106 Å². The fourth-order valence-electron chi connectivity index (χ4n) is 5.17. The van der Waals surface area contributed by atoms with E-state index in [0.29, 0.717) is 26.3 Å². The highest BCUT2D eigenvalue weighted by molar-refractivity contribution is 7.07. The monoisotopic (exact) mass is 562 g/mol. The summed E-state index contributed by atoms with van der Waals surface area (Å²) in [7, 11) is 1.58. The Morgan fingerprint density at radius 1 is 1.00 bits per heavy atom. The zero-order valence-corrected chi connectivity index (χ0v) is 23.2. The molecule has 7 nitrogen and oxygen atoms in total. The normalized spacial score (nSPS) is 15.0. The Bertz CT molecular complexity index is 1990. The lowest BCUT2D eigenvalue weighted by atomic mass is 9.89. The van der Waals surface area contributed by atoms with Crippen LogP contribution in [0.4, 0.5) is 0 Å². The molecular formula is C33H26N2O5S. The maximum absolute atomic E-state index is 14.2. The molecule has 6 rings (SSSR count). The minimum absolute atomic E-state index is 0.137. The SMILES string of the molecule is CCOC(=O)C1=C(c2ccccc2)N=c2sc(=Cc3ccc(O)cc3)c(=O)n2[C@H]1c1c(OC)ccc2ccccc12. The van der Waals surface area contributed by atoms with Gasteiger partial charge < -0.3 is 14.6 Å². The number of methoxy groups -OCH3 is 1. The van der Waals surface area contributed by atoms with Crippen molar-refractivity contribution in [2.45, 2.75) is 13.0 Å². The third-order valence-corrected chi connectivity index (χ3v) is 7.97. The molecule has 1 aromatic heterocycles. The van der Waals surface area contributed by atoms with Gasteiger partial charge >= 0.3 is 5.97 Å². The molecule has 8 heteroatoms. The topological polar surface area (TPSA) is 90.1 Å². The molecule has 0 saturated carbocycles.